The SMILES string of the molecule is CNC(=O)CN1CCC(CN(C)CC(O)c2ccc(C#N)cc2)CC1. The molecule has 6 heteroatoms. The van der Waals surface area contributed by atoms with Crippen LogP contribution in [0.3, 0.4) is 0 Å². The number of hydrogen-bond acceptors (Lipinski definition) is 5. The van der Waals surface area contributed by atoms with Crippen LogP contribution in [0.4, 0.5) is 0 Å². The molecule has 1 saturated heterocycles. The largest absolute Gasteiger partial charge is 0.387 e. The molecule has 6 nitrogen and oxygen atoms in total. The van der Waals surface area contributed by atoms with E-state index in [4.69, 9.17) is 5.26 Å². The van der Waals surface area contributed by atoms with Gasteiger partial charge in [0.1, 0.15) is 0 Å². The first kappa shape index (κ1) is 19.4. The first-order valence-corrected chi connectivity index (χ1v) is 8.81. The van der Waals surface area contributed by atoms with Crippen molar-refractivity contribution in [3.63, 3.8) is 0 Å². The molecular formula is C19H28N4O2. The molecule has 1 amide bonds. The first-order valence-electron chi connectivity index (χ1n) is 8.81. The molecule has 1 unspecified atom stereocenters. The highest BCUT2D eigenvalue weighted by molar-refractivity contribution is 5.77. The summed E-state index contributed by atoms with van der Waals surface area (Å²) in [6.45, 7) is 3.90. The maximum atomic E-state index is 11.4. The summed E-state index contributed by atoms with van der Waals surface area (Å²) in [5.41, 5.74) is 1.44. The van der Waals surface area contributed by atoms with Gasteiger partial charge < -0.3 is 15.3 Å². The molecule has 1 aliphatic rings. The molecule has 2 N–H and O–H groups in total. The fraction of sp³-hybridized carbons (Fsp3) is 0.579. The highest BCUT2D eigenvalue weighted by Crippen LogP contribution is 2.20. The van der Waals surface area contributed by atoms with Crippen LogP contribution < -0.4 is 5.32 Å². The van der Waals surface area contributed by atoms with Crippen LogP contribution in [0.5, 0.6) is 0 Å². The molecule has 0 aromatic heterocycles. The van der Waals surface area contributed by atoms with E-state index >= 15 is 0 Å². The van der Waals surface area contributed by atoms with E-state index < -0.39 is 6.10 Å². The summed E-state index contributed by atoms with van der Waals surface area (Å²) in [6, 6.07) is 9.19. The molecule has 1 atom stereocenters. The van der Waals surface area contributed by atoms with Gasteiger partial charge in [-0.2, -0.15) is 5.26 Å². The van der Waals surface area contributed by atoms with Gasteiger partial charge in [0.15, 0.2) is 0 Å². The van der Waals surface area contributed by atoms with E-state index in [1.54, 1.807) is 19.2 Å². The number of nitrogens with one attached hydrogen (secondary N) is 1. The number of piperidine rings is 1. The average molecular weight is 344 g/mol. The third-order valence-electron chi connectivity index (χ3n) is 4.83. The Kier molecular flexibility index (Phi) is 7.38. The van der Waals surface area contributed by atoms with E-state index in [9.17, 15) is 9.90 Å². The Bertz CT molecular complexity index is 588. The van der Waals surface area contributed by atoms with Crippen molar-refractivity contribution in [3.8, 4) is 6.07 Å². The molecule has 1 fully saturated rings. The number of aliphatic hydroxyl groups is 1. The fourth-order valence-corrected chi connectivity index (χ4v) is 3.31. The van der Waals surface area contributed by atoms with Crippen LogP contribution in [0, 0.1) is 17.2 Å². The van der Waals surface area contributed by atoms with Crippen molar-refractivity contribution in [2.75, 3.05) is 46.8 Å². The predicted octanol–water partition coefficient (Wildman–Crippen LogP) is 0.981. The second-order valence-electron chi connectivity index (χ2n) is 6.86. The quantitative estimate of drug-likeness (QED) is 0.771. The van der Waals surface area contributed by atoms with Gasteiger partial charge in [0.2, 0.25) is 5.91 Å². The van der Waals surface area contributed by atoms with Crippen LogP contribution in [-0.4, -0.2) is 67.6 Å². The lowest BCUT2D eigenvalue weighted by Crippen LogP contribution is -2.42. The van der Waals surface area contributed by atoms with Crippen molar-refractivity contribution >= 4 is 5.91 Å². The van der Waals surface area contributed by atoms with Crippen molar-refractivity contribution in [1.82, 2.24) is 15.1 Å². The molecular weight excluding hydrogens is 316 g/mol. The van der Waals surface area contributed by atoms with Crippen molar-refractivity contribution in [2.45, 2.75) is 18.9 Å². The van der Waals surface area contributed by atoms with E-state index in [-0.39, 0.29) is 5.91 Å². The van der Waals surface area contributed by atoms with Gasteiger partial charge in [-0.1, -0.05) is 12.1 Å². The van der Waals surface area contributed by atoms with Gasteiger partial charge in [0.25, 0.3) is 0 Å². The number of nitriles is 1. The van der Waals surface area contributed by atoms with Gasteiger partial charge in [-0.15, -0.1) is 0 Å². The van der Waals surface area contributed by atoms with Crippen molar-refractivity contribution in [2.24, 2.45) is 5.92 Å². The summed E-state index contributed by atoms with van der Waals surface area (Å²) in [7, 11) is 3.70. The third kappa shape index (κ3) is 6.13. The van der Waals surface area contributed by atoms with E-state index in [1.807, 2.05) is 19.2 Å². The number of likely N-dealkylation sites (N-methyl/N-ethyl adjacent to an activating group) is 2. The maximum Gasteiger partial charge on any atom is 0.233 e. The molecule has 0 saturated carbocycles. The minimum absolute atomic E-state index is 0.0705. The lowest BCUT2D eigenvalue weighted by Gasteiger charge is -2.33. The zero-order valence-corrected chi connectivity index (χ0v) is 15.1. The second-order valence-corrected chi connectivity index (χ2v) is 6.86. The highest BCUT2D eigenvalue weighted by Gasteiger charge is 2.22. The summed E-state index contributed by atoms with van der Waals surface area (Å²) in [5, 5.41) is 21.9. The molecule has 0 spiro atoms. The molecule has 1 aliphatic heterocycles. The molecule has 0 radical (unpaired) electrons. The second kappa shape index (κ2) is 9.52. The van der Waals surface area contributed by atoms with Crippen LogP contribution in [0.25, 0.3) is 0 Å². The normalized spacial score (nSPS) is 17.2. The van der Waals surface area contributed by atoms with E-state index in [0.29, 0.717) is 24.6 Å². The van der Waals surface area contributed by atoms with Crippen LogP contribution >= 0.6 is 0 Å². The fourth-order valence-electron chi connectivity index (χ4n) is 3.31. The molecule has 1 heterocycles. The number of nitrogens with zero attached hydrogens (tertiary/aromatic N) is 3. The Morgan fingerprint density at radius 2 is 2.04 bits per heavy atom. The molecule has 1 aromatic rings. The summed E-state index contributed by atoms with van der Waals surface area (Å²) in [4.78, 5) is 15.8. The lowest BCUT2D eigenvalue weighted by molar-refractivity contribution is -0.122. The molecule has 0 aliphatic carbocycles. The smallest absolute Gasteiger partial charge is 0.233 e. The standard InChI is InChI=1S/C19H28N4O2/c1-21-19(25)14-23-9-7-16(8-10-23)12-22(2)13-18(24)17-5-3-15(11-20)4-6-17/h3-6,16,18,24H,7-10,12-14H2,1-2H3,(H,21,25). The number of rotatable bonds is 7. The Morgan fingerprint density at radius 1 is 1.40 bits per heavy atom. The Hall–Kier alpha value is -1.94. The summed E-state index contributed by atoms with van der Waals surface area (Å²) >= 11 is 0. The molecule has 25 heavy (non-hydrogen) atoms. The van der Waals surface area contributed by atoms with Gasteiger partial charge in [-0.3, -0.25) is 9.69 Å². The lowest BCUT2D eigenvalue weighted by atomic mass is 9.96. The minimum Gasteiger partial charge on any atom is -0.387 e. The summed E-state index contributed by atoms with van der Waals surface area (Å²) < 4.78 is 0. The van der Waals surface area contributed by atoms with Crippen LogP contribution in [0.1, 0.15) is 30.1 Å². The topological polar surface area (TPSA) is 79.6 Å². The summed E-state index contributed by atoms with van der Waals surface area (Å²) in [5.74, 6) is 0.667. The number of benzene rings is 1. The monoisotopic (exact) mass is 344 g/mol. The third-order valence-corrected chi connectivity index (χ3v) is 4.83. The Balaban J connectivity index is 1.74. The average Bonchev–Trinajstić information content (AvgIpc) is 2.63. The number of carbonyl (C=O) groups excluding carboxylic acids is 1. The number of amides is 1. The molecule has 0 bridgehead atoms. The van der Waals surface area contributed by atoms with Crippen molar-refractivity contribution in [1.29, 1.82) is 5.26 Å². The number of hydrogen-bond donors (Lipinski definition) is 2. The highest BCUT2D eigenvalue weighted by atomic mass is 16.3. The number of likely N-dealkylation sites (tertiary alicyclic amines) is 1. The van der Waals surface area contributed by atoms with Crippen LogP contribution in [0.2, 0.25) is 0 Å². The van der Waals surface area contributed by atoms with Crippen LogP contribution in [0.15, 0.2) is 24.3 Å². The molecule has 136 valence electrons. The van der Waals surface area contributed by atoms with Gasteiger partial charge >= 0.3 is 0 Å². The minimum atomic E-state index is -0.550. The Morgan fingerprint density at radius 3 is 2.60 bits per heavy atom. The summed E-state index contributed by atoms with van der Waals surface area (Å²) in [6.07, 6.45) is 1.61. The van der Waals surface area contributed by atoms with E-state index in [0.717, 1.165) is 38.0 Å². The van der Waals surface area contributed by atoms with Crippen molar-refractivity contribution < 1.29 is 9.90 Å². The van der Waals surface area contributed by atoms with Gasteiger partial charge in [-0.25, -0.2) is 0 Å². The zero-order valence-electron chi connectivity index (χ0n) is 15.1. The molecule has 1 aromatic carbocycles. The van der Waals surface area contributed by atoms with Gasteiger partial charge in [0, 0.05) is 20.1 Å². The predicted molar refractivity (Wildman–Crippen MR) is 96.8 cm³/mol. The maximum absolute atomic E-state index is 11.4. The van der Waals surface area contributed by atoms with E-state index in [1.165, 1.54) is 0 Å². The van der Waals surface area contributed by atoms with Crippen LogP contribution in [-0.2, 0) is 4.79 Å². The first-order chi connectivity index (χ1) is 12.0. The zero-order chi connectivity index (χ0) is 18.2. The number of aliphatic hydroxyl groups excluding tert-OH is 1. The van der Waals surface area contributed by atoms with Crippen molar-refractivity contribution in [3.05, 3.63) is 35.4 Å². The van der Waals surface area contributed by atoms with E-state index in [2.05, 4.69) is 21.2 Å². The Labute approximate surface area is 150 Å². The number of carbonyl (C=O) groups is 1. The molecule has 2 rings (SSSR count). The van der Waals surface area contributed by atoms with Gasteiger partial charge in [0.05, 0.1) is 24.3 Å². The van der Waals surface area contributed by atoms with Gasteiger partial charge in [-0.05, 0) is 56.6 Å².